The third-order valence-corrected chi connectivity index (χ3v) is 4.78. The first-order valence-corrected chi connectivity index (χ1v) is 8.10. The predicted molar refractivity (Wildman–Crippen MR) is 75.2 cm³/mol. The molecule has 0 saturated carbocycles. The number of aliphatic hydroxyl groups excluding tert-OH is 1. The smallest absolute Gasteiger partial charge is 0.297 e. The maximum atomic E-state index is 12.2. The Labute approximate surface area is 124 Å². The van der Waals surface area contributed by atoms with Crippen LogP contribution < -0.4 is 0 Å². The number of ether oxygens (including phenoxy) is 2. The molecule has 4 atom stereocenters. The fourth-order valence-corrected chi connectivity index (χ4v) is 3.38. The molecule has 0 aliphatic carbocycles. The van der Waals surface area contributed by atoms with Crippen molar-refractivity contribution in [2.24, 2.45) is 0 Å². The molecule has 1 aliphatic rings. The van der Waals surface area contributed by atoms with Crippen LogP contribution in [0, 0.1) is 6.92 Å². The number of rotatable bonds is 4. The average molecular weight is 316 g/mol. The normalized spacial score (nSPS) is 30.3. The number of aryl methyl sites for hydroxylation is 1. The Kier molecular flexibility index (Phi) is 5.00. The Morgan fingerprint density at radius 1 is 1.29 bits per heavy atom. The molecule has 1 fully saturated rings. The summed E-state index contributed by atoms with van der Waals surface area (Å²) in [5, 5.41) is 10.0. The lowest BCUT2D eigenvalue weighted by atomic mass is 10.0. The van der Waals surface area contributed by atoms with Crippen molar-refractivity contribution in [1.29, 1.82) is 0 Å². The Bertz CT molecular complexity index is 556. The van der Waals surface area contributed by atoms with Gasteiger partial charge in [-0.3, -0.25) is 4.18 Å². The van der Waals surface area contributed by atoms with Gasteiger partial charge in [0.15, 0.2) is 6.29 Å². The monoisotopic (exact) mass is 316 g/mol. The third-order valence-electron chi connectivity index (χ3n) is 3.45. The van der Waals surface area contributed by atoms with Crippen LogP contribution in [0.2, 0.25) is 0 Å². The predicted octanol–water partition coefficient (Wildman–Crippen LogP) is 1.21. The summed E-state index contributed by atoms with van der Waals surface area (Å²) in [4.78, 5) is 0.0568. The summed E-state index contributed by atoms with van der Waals surface area (Å²) in [7, 11) is -2.48. The maximum absolute atomic E-state index is 12.2. The second kappa shape index (κ2) is 6.41. The summed E-state index contributed by atoms with van der Waals surface area (Å²) in [6, 6.07) is 6.33. The molecule has 1 saturated heterocycles. The Balaban J connectivity index is 2.14. The van der Waals surface area contributed by atoms with Crippen molar-refractivity contribution in [1.82, 2.24) is 0 Å². The Morgan fingerprint density at radius 3 is 2.43 bits per heavy atom. The molecule has 2 rings (SSSR count). The molecular weight excluding hydrogens is 296 g/mol. The number of hydrogen-bond acceptors (Lipinski definition) is 6. The molecule has 1 aliphatic heterocycles. The second-order valence-corrected chi connectivity index (χ2v) is 6.71. The van der Waals surface area contributed by atoms with Gasteiger partial charge in [-0.25, -0.2) is 0 Å². The van der Waals surface area contributed by atoms with Gasteiger partial charge >= 0.3 is 0 Å². The molecule has 1 heterocycles. The van der Waals surface area contributed by atoms with Gasteiger partial charge in [0.1, 0.15) is 6.10 Å². The minimum Gasteiger partial charge on any atom is -0.390 e. The van der Waals surface area contributed by atoms with Crippen LogP contribution in [0.15, 0.2) is 29.2 Å². The van der Waals surface area contributed by atoms with E-state index in [1.807, 2.05) is 6.92 Å². The molecular formula is C14H20O6S. The van der Waals surface area contributed by atoms with Crippen LogP contribution in [0.25, 0.3) is 0 Å². The molecule has 6 nitrogen and oxygen atoms in total. The third kappa shape index (κ3) is 3.81. The quantitative estimate of drug-likeness (QED) is 0.841. The zero-order valence-corrected chi connectivity index (χ0v) is 13.0. The van der Waals surface area contributed by atoms with Gasteiger partial charge in [0.25, 0.3) is 10.1 Å². The van der Waals surface area contributed by atoms with Crippen molar-refractivity contribution in [2.45, 2.75) is 49.8 Å². The van der Waals surface area contributed by atoms with Gasteiger partial charge in [0, 0.05) is 13.5 Å². The fraction of sp³-hybridized carbons (Fsp3) is 0.571. The molecule has 0 bridgehead atoms. The molecule has 1 N–H and O–H groups in total. The zero-order valence-electron chi connectivity index (χ0n) is 12.2. The van der Waals surface area contributed by atoms with Crippen LogP contribution in [0.5, 0.6) is 0 Å². The van der Waals surface area contributed by atoms with Crippen molar-refractivity contribution < 1.29 is 27.2 Å². The highest BCUT2D eigenvalue weighted by atomic mass is 32.2. The molecule has 0 spiro atoms. The molecule has 0 unspecified atom stereocenters. The summed E-state index contributed by atoms with van der Waals surface area (Å²) in [6.45, 7) is 3.51. The number of methoxy groups -OCH3 is 1. The van der Waals surface area contributed by atoms with Crippen molar-refractivity contribution >= 4 is 10.1 Å². The second-order valence-electron chi connectivity index (χ2n) is 5.14. The summed E-state index contributed by atoms with van der Waals surface area (Å²) in [6.07, 6.45) is -2.92. The summed E-state index contributed by atoms with van der Waals surface area (Å²) in [5.41, 5.74) is 0.950. The van der Waals surface area contributed by atoms with Crippen molar-refractivity contribution in [2.75, 3.05) is 7.11 Å². The molecule has 7 heteroatoms. The van der Waals surface area contributed by atoms with Gasteiger partial charge in [0.2, 0.25) is 0 Å². The first kappa shape index (κ1) is 16.4. The van der Waals surface area contributed by atoms with E-state index in [0.29, 0.717) is 0 Å². The van der Waals surface area contributed by atoms with Crippen molar-refractivity contribution in [3.05, 3.63) is 29.8 Å². The van der Waals surface area contributed by atoms with E-state index in [9.17, 15) is 13.5 Å². The molecule has 118 valence electrons. The van der Waals surface area contributed by atoms with Crippen LogP contribution in [0.4, 0.5) is 0 Å². The molecule has 1 aromatic rings. The van der Waals surface area contributed by atoms with Crippen molar-refractivity contribution in [3.63, 3.8) is 0 Å². The molecule has 1 aromatic carbocycles. The minimum atomic E-state index is -3.95. The number of hydrogen-bond donors (Lipinski definition) is 1. The first-order chi connectivity index (χ1) is 9.83. The van der Waals surface area contributed by atoms with E-state index in [-0.39, 0.29) is 11.3 Å². The van der Waals surface area contributed by atoms with Crippen LogP contribution in [0.1, 0.15) is 18.9 Å². The highest BCUT2D eigenvalue weighted by molar-refractivity contribution is 7.86. The minimum absolute atomic E-state index is 0.0568. The first-order valence-electron chi connectivity index (χ1n) is 6.70. The maximum Gasteiger partial charge on any atom is 0.297 e. The zero-order chi connectivity index (χ0) is 15.6. The summed E-state index contributed by atoms with van der Waals surface area (Å²) in [5.74, 6) is 0. The molecule has 0 amide bonds. The van der Waals surface area contributed by atoms with E-state index in [1.54, 1.807) is 19.1 Å². The molecule has 21 heavy (non-hydrogen) atoms. The Hall–Kier alpha value is -0.990. The van der Waals surface area contributed by atoms with Gasteiger partial charge in [-0.1, -0.05) is 17.7 Å². The van der Waals surface area contributed by atoms with E-state index < -0.39 is 34.7 Å². The van der Waals surface area contributed by atoms with E-state index in [0.717, 1.165) is 5.56 Å². The highest BCUT2D eigenvalue weighted by Crippen LogP contribution is 2.26. The van der Waals surface area contributed by atoms with Crippen LogP contribution >= 0.6 is 0 Å². The summed E-state index contributed by atoms with van der Waals surface area (Å²) < 4.78 is 40.1. The SMILES string of the molecule is CO[C@@H]1C[C@H](O)[C@H](OS(=O)(=O)c2ccc(C)cc2)[C@H](C)O1. The van der Waals surface area contributed by atoms with Gasteiger partial charge in [-0.05, 0) is 26.0 Å². The standard InChI is InChI=1S/C14H20O6S/c1-9-4-6-11(7-5-9)21(16,17)20-14-10(2)19-13(18-3)8-12(14)15/h4-7,10,12-15H,8H2,1-3H3/t10-,12-,13-,14+/m0/s1. The molecule has 0 aromatic heterocycles. The average Bonchev–Trinajstić information content (AvgIpc) is 2.43. The number of aliphatic hydroxyl groups is 1. The number of benzene rings is 1. The van der Waals surface area contributed by atoms with Crippen LogP contribution in [-0.4, -0.2) is 45.2 Å². The topological polar surface area (TPSA) is 82.1 Å². The van der Waals surface area contributed by atoms with Gasteiger partial charge in [-0.2, -0.15) is 8.42 Å². The van der Waals surface area contributed by atoms with E-state index in [2.05, 4.69) is 0 Å². The fourth-order valence-electron chi connectivity index (χ4n) is 2.22. The van der Waals surface area contributed by atoms with Gasteiger partial charge < -0.3 is 14.6 Å². The largest absolute Gasteiger partial charge is 0.390 e. The van der Waals surface area contributed by atoms with Crippen LogP contribution in [0.3, 0.4) is 0 Å². The van der Waals surface area contributed by atoms with Crippen LogP contribution in [-0.2, 0) is 23.8 Å². The van der Waals surface area contributed by atoms with Crippen molar-refractivity contribution in [3.8, 4) is 0 Å². The highest BCUT2D eigenvalue weighted by Gasteiger charge is 2.39. The van der Waals surface area contributed by atoms with E-state index in [4.69, 9.17) is 13.7 Å². The Morgan fingerprint density at radius 2 is 1.90 bits per heavy atom. The molecule has 0 radical (unpaired) electrons. The van der Waals surface area contributed by atoms with Gasteiger partial charge in [0.05, 0.1) is 17.1 Å². The summed E-state index contributed by atoms with van der Waals surface area (Å²) >= 11 is 0. The van der Waals surface area contributed by atoms with E-state index >= 15 is 0 Å². The van der Waals surface area contributed by atoms with Gasteiger partial charge in [-0.15, -0.1) is 0 Å². The van der Waals surface area contributed by atoms with E-state index in [1.165, 1.54) is 19.2 Å². The lowest BCUT2D eigenvalue weighted by Gasteiger charge is -2.36. The lowest BCUT2D eigenvalue weighted by Crippen LogP contribution is -2.49. The lowest BCUT2D eigenvalue weighted by molar-refractivity contribution is -0.231.